The molecule has 6 nitrogen and oxygen atoms in total. The van der Waals surface area contributed by atoms with Gasteiger partial charge in [0.15, 0.2) is 16.6 Å². The third-order valence-electron chi connectivity index (χ3n) is 5.13. The maximum absolute atomic E-state index is 12.5. The van der Waals surface area contributed by atoms with Crippen LogP contribution in [0.25, 0.3) is 0 Å². The number of hydrogen-bond acceptors (Lipinski definition) is 5. The Morgan fingerprint density at radius 3 is 2.45 bits per heavy atom. The predicted molar refractivity (Wildman–Crippen MR) is 120 cm³/mol. The molecule has 29 heavy (non-hydrogen) atoms. The largest absolute Gasteiger partial charge is 0.493 e. The van der Waals surface area contributed by atoms with Gasteiger partial charge in [-0.2, -0.15) is 0 Å². The molecule has 2 aromatic rings. The van der Waals surface area contributed by atoms with Gasteiger partial charge in [-0.15, -0.1) is 0 Å². The number of anilines is 2. The molecule has 154 valence electrons. The minimum absolute atomic E-state index is 0.240. The third kappa shape index (κ3) is 5.17. The predicted octanol–water partition coefficient (Wildman–Crippen LogP) is 4.21. The molecule has 1 heterocycles. The van der Waals surface area contributed by atoms with Crippen LogP contribution in [-0.2, 0) is 0 Å². The number of nitrogens with one attached hydrogen (secondary N) is 2. The number of benzene rings is 2. The molecule has 1 fully saturated rings. The van der Waals surface area contributed by atoms with Crippen LogP contribution in [0.5, 0.6) is 11.5 Å². The number of amides is 1. The number of ether oxygens (including phenoxy) is 2. The molecule has 0 aliphatic carbocycles. The van der Waals surface area contributed by atoms with Gasteiger partial charge in [-0.25, -0.2) is 0 Å². The molecule has 1 aliphatic heterocycles. The molecule has 0 aromatic heterocycles. The zero-order chi connectivity index (χ0) is 20.8. The lowest BCUT2D eigenvalue weighted by Crippen LogP contribution is -2.37. The highest BCUT2D eigenvalue weighted by Gasteiger charge is 2.18. The fourth-order valence-corrected chi connectivity index (χ4v) is 3.74. The summed E-state index contributed by atoms with van der Waals surface area (Å²) < 4.78 is 10.4. The van der Waals surface area contributed by atoms with Crippen molar-refractivity contribution in [2.75, 3.05) is 31.0 Å². The molecule has 3 rings (SSSR count). The second-order valence-corrected chi connectivity index (χ2v) is 7.47. The summed E-state index contributed by atoms with van der Waals surface area (Å²) in [5.41, 5.74) is 2.47. The first-order valence-electron chi connectivity index (χ1n) is 9.73. The van der Waals surface area contributed by atoms with E-state index >= 15 is 0 Å². The first-order valence-corrected chi connectivity index (χ1v) is 10.1. The van der Waals surface area contributed by atoms with Crippen LogP contribution in [0.2, 0.25) is 0 Å². The fourth-order valence-electron chi connectivity index (χ4n) is 3.53. The minimum atomic E-state index is -0.317. The maximum atomic E-state index is 12.5. The molecule has 0 radical (unpaired) electrons. The van der Waals surface area contributed by atoms with E-state index in [9.17, 15) is 4.79 Å². The summed E-state index contributed by atoms with van der Waals surface area (Å²) in [7, 11) is 3.08. The molecule has 1 saturated heterocycles. The summed E-state index contributed by atoms with van der Waals surface area (Å²) in [5.74, 6) is 0.733. The Bertz CT molecular complexity index is 870. The van der Waals surface area contributed by atoms with Crippen LogP contribution in [-0.4, -0.2) is 37.8 Å². The van der Waals surface area contributed by atoms with Gasteiger partial charge in [0, 0.05) is 29.5 Å². The Morgan fingerprint density at radius 1 is 1.07 bits per heavy atom. The highest BCUT2D eigenvalue weighted by Crippen LogP contribution is 2.28. The van der Waals surface area contributed by atoms with E-state index < -0.39 is 0 Å². The molecule has 1 amide bonds. The van der Waals surface area contributed by atoms with Crippen molar-refractivity contribution < 1.29 is 14.3 Å². The van der Waals surface area contributed by atoms with Gasteiger partial charge in [0.05, 0.1) is 14.2 Å². The highest BCUT2D eigenvalue weighted by atomic mass is 32.1. The van der Waals surface area contributed by atoms with Crippen LogP contribution in [0, 0.1) is 0 Å². The summed E-state index contributed by atoms with van der Waals surface area (Å²) in [6.45, 7) is 3.36. The zero-order valence-electron chi connectivity index (χ0n) is 17.0. The Labute approximate surface area is 177 Å². The number of carbonyl (C=O) groups excluding carboxylic acids is 1. The van der Waals surface area contributed by atoms with Crippen molar-refractivity contribution in [2.45, 2.75) is 32.2 Å². The van der Waals surface area contributed by atoms with Crippen molar-refractivity contribution in [2.24, 2.45) is 0 Å². The molecule has 7 heteroatoms. The third-order valence-corrected chi connectivity index (χ3v) is 5.34. The minimum Gasteiger partial charge on any atom is -0.493 e. The van der Waals surface area contributed by atoms with E-state index in [4.69, 9.17) is 21.7 Å². The van der Waals surface area contributed by atoms with Gasteiger partial charge in [-0.3, -0.25) is 10.1 Å². The average Bonchev–Trinajstić information content (AvgIpc) is 2.74. The molecule has 0 bridgehead atoms. The molecule has 1 atom stereocenters. The van der Waals surface area contributed by atoms with E-state index in [0.717, 1.165) is 12.2 Å². The Balaban J connectivity index is 1.59. The van der Waals surface area contributed by atoms with Crippen molar-refractivity contribution in [3.8, 4) is 11.5 Å². The van der Waals surface area contributed by atoms with Crippen LogP contribution in [0.3, 0.4) is 0 Å². The van der Waals surface area contributed by atoms with Gasteiger partial charge in [-0.1, -0.05) is 0 Å². The highest BCUT2D eigenvalue weighted by molar-refractivity contribution is 7.80. The molecular weight excluding hydrogens is 386 g/mol. The van der Waals surface area contributed by atoms with Gasteiger partial charge in [-0.05, 0) is 80.9 Å². The number of rotatable bonds is 5. The van der Waals surface area contributed by atoms with Crippen LogP contribution < -0.4 is 25.0 Å². The van der Waals surface area contributed by atoms with Crippen molar-refractivity contribution in [3.63, 3.8) is 0 Å². The van der Waals surface area contributed by atoms with E-state index in [-0.39, 0.29) is 11.0 Å². The number of methoxy groups -OCH3 is 2. The fraction of sp³-hybridized carbons (Fsp3) is 0.364. The van der Waals surface area contributed by atoms with Gasteiger partial charge >= 0.3 is 0 Å². The zero-order valence-corrected chi connectivity index (χ0v) is 17.8. The first kappa shape index (κ1) is 20.9. The van der Waals surface area contributed by atoms with Crippen molar-refractivity contribution in [1.29, 1.82) is 0 Å². The number of thiocarbonyl (C=S) groups is 1. The number of nitrogens with zero attached hydrogens (tertiary/aromatic N) is 1. The van der Waals surface area contributed by atoms with Gasteiger partial charge in [0.25, 0.3) is 5.91 Å². The van der Waals surface area contributed by atoms with Crippen molar-refractivity contribution in [3.05, 3.63) is 48.0 Å². The smallest absolute Gasteiger partial charge is 0.257 e. The quantitative estimate of drug-likeness (QED) is 0.716. The van der Waals surface area contributed by atoms with Crippen LogP contribution in [0.15, 0.2) is 42.5 Å². The van der Waals surface area contributed by atoms with E-state index in [1.165, 1.54) is 32.1 Å². The maximum Gasteiger partial charge on any atom is 0.257 e. The lowest BCUT2D eigenvalue weighted by atomic mass is 10.0. The molecule has 2 aromatic carbocycles. The summed E-state index contributed by atoms with van der Waals surface area (Å²) in [4.78, 5) is 14.9. The summed E-state index contributed by atoms with van der Waals surface area (Å²) >= 11 is 5.29. The normalized spacial score (nSPS) is 16.1. The van der Waals surface area contributed by atoms with Gasteiger partial charge < -0.3 is 19.7 Å². The Morgan fingerprint density at radius 2 is 1.79 bits per heavy atom. The van der Waals surface area contributed by atoms with Crippen LogP contribution in [0.1, 0.15) is 36.5 Å². The number of piperidine rings is 1. The Kier molecular flexibility index (Phi) is 6.93. The Hall–Kier alpha value is -2.80. The molecule has 1 aliphatic rings. The topological polar surface area (TPSA) is 62.8 Å². The number of carbonyl (C=O) groups is 1. The monoisotopic (exact) mass is 413 g/mol. The number of hydrogen-bond donors (Lipinski definition) is 2. The van der Waals surface area contributed by atoms with E-state index in [1.54, 1.807) is 25.3 Å². The molecule has 0 saturated carbocycles. The van der Waals surface area contributed by atoms with Crippen LogP contribution >= 0.6 is 12.2 Å². The molecule has 0 spiro atoms. The standard InChI is InChI=1S/C22H27N3O3S/c1-15-6-4-5-13-25(15)18-10-8-17(9-11-18)23-22(29)24-21(26)16-7-12-19(27-2)20(14-16)28-3/h7-12,14-15H,4-6,13H2,1-3H3,(H2,23,24,26,29). The first-order chi connectivity index (χ1) is 14.0. The van der Waals surface area contributed by atoms with Gasteiger partial charge in [0.2, 0.25) is 0 Å². The second kappa shape index (κ2) is 9.60. The lowest BCUT2D eigenvalue weighted by molar-refractivity contribution is 0.0977. The lowest BCUT2D eigenvalue weighted by Gasteiger charge is -2.35. The SMILES string of the molecule is COc1ccc(C(=O)NC(=S)Nc2ccc(N3CCCCC3C)cc2)cc1OC. The average molecular weight is 414 g/mol. The van der Waals surface area contributed by atoms with Gasteiger partial charge in [0.1, 0.15) is 0 Å². The van der Waals surface area contributed by atoms with Crippen molar-refractivity contribution in [1.82, 2.24) is 5.32 Å². The van der Waals surface area contributed by atoms with E-state index in [0.29, 0.717) is 23.1 Å². The van der Waals surface area contributed by atoms with Crippen molar-refractivity contribution >= 4 is 34.6 Å². The van der Waals surface area contributed by atoms with E-state index in [2.05, 4.69) is 34.6 Å². The molecule has 1 unspecified atom stereocenters. The van der Waals surface area contributed by atoms with Crippen LogP contribution in [0.4, 0.5) is 11.4 Å². The summed E-state index contributed by atoms with van der Waals surface area (Å²) in [6, 6.07) is 13.6. The molecular formula is C22H27N3O3S. The summed E-state index contributed by atoms with van der Waals surface area (Å²) in [6.07, 6.45) is 3.76. The van der Waals surface area contributed by atoms with E-state index in [1.807, 2.05) is 12.1 Å². The molecule has 2 N–H and O–H groups in total. The second-order valence-electron chi connectivity index (χ2n) is 7.06. The summed E-state index contributed by atoms with van der Waals surface area (Å²) in [5, 5.41) is 5.99.